The molecular weight excluding hydrogens is 426 g/mol. The van der Waals surface area contributed by atoms with Crippen LogP contribution in [0.5, 0.6) is 11.5 Å². The zero-order valence-electron chi connectivity index (χ0n) is 11.3. The summed E-state index contributed by atoms with van der Waals surface area (Å²) in [5.74, 6) is 0.816. The van der Waals surface area contributed by atoms with E-state index in [9.17, 15) is 4.39 Å². The summed E-state index contributed by atoms with van der Waals surface area (Å²) in [6, 6.07) is 8.13. The summed E-state index contributed by atoms with van der Waals surface area (Å²) in [5, 5.41) is -0.522. The number of hydrogen-bond acceptors (Lipinski definition) is 2. The largest absolute Gasteiger partial charge is 0.493 e. The molecule has 0 fully saturated rings. The van der Waals surface area contributed by atoms with Gasteiger partial charge in [-0.15, -0.1) is 11.6 Å². The second-order valence-corrected chi connectivity index (χ2v) is 6.50. The maximum absolute atomic E-state index is 13.5. The second-order valence-electron chi connectivity index (χ2n) is 4.29. The van der Waals surface area contributed by atoms with Crippen LogP contribution in [0.25, 0.3) is 0 Å². The van der Waals surface area contributed by atoms with Gasteiger partial charge >= 0.3 is 0 Å². The van der Waals surface area contributed by atoms with Gasteiger partial charge in [0.15, 0.2) is 11.5 Å². The summed E-state index contributed by atoms with van der Waals surface area (Å²) in [6.45, 7) is 0. The Bertz CT molecular complexity index is 644. The average Bonchev–Trinajstić information content (AvgIpc) is 2.45. The molecule has 6 heteroatoms. The highest BCUT2D eigenvalue weighted by Gasteiger charge is 2.19. The lowest BCUT2D eigenvalue weighted by molar-refractivity contribution is 0.354. The first-order chi connectivity index (χ1) is 9.96. The van der Waals surface area contributed by atoms with Crippen LogP contribution >= 0.6 is 43.5 Å². The Hall–Kier alpha value is -0.780. The van der Waals surface area contributed by atoms with E-state index < -0.39 is 5.38 Å². The van der Waals surface area contributed by atoms with E-state index >= 15 is 0 Å². The van der Waals surface area contributed by atoms with E-state index in [1.54, 1.807) is 32.4 Å². The SMILES string of the molecule is COc1cc(Br)c(C(Cl)c2cc(F)cc(Br)c2)cc1OC. The summed E-state index contributed by atoms with van der Waals surface area (Å²) in [4.78, 5) is 0. The van der Waals surface area contributed by atoms with Crippen molar-refractivity contribution >= 4 is 43.5 Å². The molecule has 1 atom stereocenters. The highest BCUT2D eigenvalue weighted by Crippen LogP contribution is 2.41. The Morgan fingerprint density at radius 1 is 1.00 bits per heavy atom. The molecule has 21 heavy (non-hydrogen) atoms. The average molecular weight is 439 g/mol. The van der Waals surface area contributed by atoms with Crippen molar-refractivity contribution in [2.75, 3.05) is 14.2 Å². The molecule has 0 aliphatic rings. The van der Waals surface area contributed by atoms with Crippen LogP contribution in [0.15, 0.2) is 39.3 Å². The van der Waals surface area contributed by atoms with Gasteiger partial charge in [-0.3, -0.25) is 0 Å². The summed E-state index contributed by atoms with van der Waals surface area (Å²) < 4.78 is 25.4. The van der Waals surface area contributed by atoms with Crippen LogP contribution in [0.2, 0.25) is 0 Å². The van der Waals surface area contributed by atoms with Crippen molar-refractivity contribution in [2.24, 2.45) is 0 Å². The lowest BCUT2D eigenvalue weighted by Gasteiger charge is -2.16. The van der Waals surface area contributed by atoms with Gasteiger partial charge in [0.25, 0.3) is 0 Å². The van der Waals surface area contributed by atoms with Gasteiger partial charge < -0.3 is 9.47 Å². The second kappa shape index (κ2) is 6.99. The monoisotopic (exact) mass is 436 g/mol. The minimum absolute atomic E-state index is 0.346. The Kier molecular flexibility index (Phi) is 5.52. The number of alkyl halides is 1. The first-order valence-electron chi connectivity index (χ1n) is 5.97. The molecule has 0 aliphatic heterocycles. The molecule has 0 saturated heterocycles. The molecule has 0 bridgehead atoms. The maximum atomic E-state index is 13.5. The number of methoxy groups -OCH3 is 2. The van der Waals surface area contributed by atoms with Crippen molar-refractivity contribution in [3.8, 4) is 11.5 Å². The fraction of sp³-hybridized carbons (Fsp3) is 0.200. The topological polar surface area (TPSA) is 18.5 Å². The molecule has 0 amide bonds. The zero-order valence-corrected chi connectivity index (χ0v) is 15.2. The lowest BCUT2D eigenvalue weighted by Crippen LogP contribution is -1.99. The standard InChI is InChI=1S/C15H12Br2ClFO2/c1-20-13-6-11(12(17)7-14(13)21-2)15(18)8-3-9(16)5-10(19)4-8/h3-7,15H,1-2H3. The van der Waals surface area contributed by atoms with Crippen LogP contribution in [0.4, 0.5) is 4.39 Å². The van der Waals surface area contributed by atoms with Crippen LogP contribution in [0.3, 0.4) is 0 Å². The molecule has 0 aromatic heterocycles. The molecule has 2 rings (SSSR count). The predicted molar refractivity (Wildman–Crippen MR) is 89.0 cm³/mol. The molecule has 0 aliphatic carbocycles. The summed E-state index contributed by atoms with van der Waals surface area (Å²) in [6.07, 6.45) is 0. The molecule has 0 saturated carbocycles. The van der Waals surface area contributed by atoms with E-state index in [4.69, 9.17) is 21.1 Å². The molecule has 1 unspecified atom stereocenters. The third-order valence-electron chi connectivity index (χ3n) is 2.95. The van der Waals surface area contributed by atoms with Gasteiger partial charge in [0.2, 0.25) is 0 Å². The number of halogens is 4. The van der Waals surface area contributed by atoms with Gasteiger partial charge in [0.05, 0.1) is 19.6 Å². The number of ether oxygens (including phenoxy) is 2. The Labute approximate surface area is 144 Å². The van der Waals surface area contributed by atoms with Gasteiger partial charge in [-0.25, -0.2) is 4.39 Å². The van der Waals surface area contributed by atoms with E-state index in [1.165, 1.54) is 12.1 Å². The highest BCUT2D eigenvalue weighted by molar-refractivity contribution is 9.10. The Morgan fingerprint density at radius 3 is 2.19 bits per heavy atom. The predicted octanol–water partition coefficient (Wildman–Crippen LogP) is 5.70. The number of rotatable bonds is 4. The Balaban J connectivity index is 2.49. The third kappa shape index (κ3) is 3.71. The highest BCUT2D eigenvalue weighted by atomic mass is 79.9. The van der Waals surface area contributed by atoms with Gasteiger partial charge in [0.1, 0.15) is 5.82 Å². The number of benzene rings is 2. The van der Waals surface area contributed by atoms with Crippen molar-refractivity contribution < 1.29 is 13.9 Å². The first-order valence-corrected chi connectivity index (χ1v) is 8.00. The van der Waals surface area contributed by atoms with Crippen molar-refractivity contribution in [3.05, 3.63) is 56.2 Å². The molecule has 0 radical (unpaired) electrons. The van der Waals surface area contributed by atoms with Gasteiger partial charge in [-0.05, 0) is 41.5 Å². The fourth-order valence-electron chi connectivity index (χ4n) is 1.97. The summed E-state index contributed by atoms with van der Waals surface area (Å²) >= 11 is 13.2. The van der Waals surface area contributed by atoms with Crippen LogP contribution in [0.1, 0.15) is 16.5 Å². The molecule has 2 nitrogen and oxygen atoms in total. The minimum Gasteiger partial charge on any atom is -0.493 e. The molecule has 0 heterocycles. The molecular formula is C15H12Br2ClFO2. The van der Waals surface area contributed by atoms with Crippen molar-refractivity contribution in [1.82, 2.24) is 0 Å². The van der Waals surface area contributed by atoms with E-state index in [-0.39, 0.29) is 5.82 Å². The molecule has 2 aromatic carbocycles. The van der Waals surface area contributed by atoms with Crippen molar-refractivity contribution in [2.45, 2.75) is 5.38 Å². The Morgan fingerprint density at radius 2 is 1.62 bits per heavy atom. The molecule has 0 spiro atoms. The summed E-state index contributed by atoms with van der Waals surface area (Å²) in [7, 11) is 3.11. The van der Waals surface area contributed by atoms with Gasteiger partial charge in [0, 0.05) is 8.95 Å². The van der Waals surface area contributed by atoms with Crippen LogP contribution in [-0.4, -0.2) is 14.2 Å². The van der Waals surface area contributed by atoms with E-state index in [2.05, 4.69) is 31.9 Å². The quantitative estimate of drug-likeness (QED) is 0.571. The van der Waals surface area contributed by atoms with Crippen LogP contribution in [0, 0.1) is 5.82 Å². The molecule has 2 aromatic rings. The number of hydrogen-bond donors (Lipinski definition) is 0. The van der Waals surface area contributed by atoms with Crippen molar-refractivity contribution in [3.63, 3.8) is 0 Å². The maximum Gasteiger partial charge on any atom is 0.161 e. The summed E-state index contributed by atoms with van der Waals surface area (Å²) in [5.41, 5.74) is 1.42. The zero-order chi connectivity index (χ0) is 15.6. The lowest BCUT2D eigenvalue weighted by atomic mass is 10.0. The smallest absolute Gasteiger partial charge is 0.161 e. The van der Waals surface area contributed by atoms with Gasteiger partial charge in [-0.2, -0.15) is 0 Å². The normalized spacial score (nSPS) is 12.1. The van der Waals surface area contributed by atoms with Crippen LogP contribution in [-0.2, 0) is 0 Å². The first kappa shape index (κ1) is 16.6. The van der Waals surface area contributed by atoms with E-state index in [1.807, 2.05) is 0 Å². The van der Waals surface area contributed by atoms with Gasteiger partial charge in [-0.1, -0.05) is 31.9 Å². The van der Waals surface area contributed by atoms with Crippen LogP contribution < -0.4 is 9.47 Å². The minimum atomic E-state index is -0.522. The third-order valence-corrected chi connectivity index (χ3v) is 4.59. The fourth-order valence-corrected chi connectivity index (χ4v) is 3.44. The van der Waals surface area contributed by atoms with E-state index in [0.29, 0.717) is 21.5 Å². The van der Waals surface area contributed by atoms with Crippen molar-refractivity contribution in [1.29, 1.82) is 0 Å². The van der Waals surface area contributed by atoms with E-state index in [0.717, 1.165) is 10.0 Å². The molecule has 0 N–H and O–H groups in total. The molecule has 112 valence electrons.